The van der Waals surface area contributed by atoms with Gasteiger partial charge in [0.05, 0.1) is 12.8 Å². The van der Waals surface area contributed by atoms with E-state index in [0.717, 1.165) is 5.56 Å². The van der Waals surface area contributed by atoms with Gasteiger partial charge in [0.15, 0.2) is 11.5 Å². The smallest absolute Gasteiger partial charge is 0.249 e. The van der Waals surface area contributed by atoms with Gasteiger partial charge in [0, 0.05) is 18.9 Å². The van der Waals surface area contributed by atoms with Crippen molar-refractivity contribution in [3.05, 3.63) is 53.9 Å². The van der Waals surface area contributed by atoms with Crippen LogP contribution in [0.15, 0.2) is 47.8 Å². The van der Waals surface area contributed by atoms with E-state index in [9.17, 15) is 14.7 Å². The van der Waals surface area contributed by atoms with Gasteiger partial charge in [0.2, 0.25) is 11.8 Å². The highest BCUT2D eigenvalue weighted by Gasteiger charge is 2.08. The van der Waals surface area contributed by atoms with Crippen LogP contribution in [0.4, 0.5) is 0 Å². The van der Waals surface area contributed by atoms with Crippen LogP contribution in [0, 0.1) is 0 Å². The fourth-order valence-corrected chi connectivity index (χ4v) is 2.01. The molecule has 0 unspecified atom stereocenters. The number of nitrogens with one attached hydrogen (secondary N) is 2. The average Bonchev–Trinajstić information content (AvgIpc) is 2.64. The Morgan fingerprint density at radius 1 is 1.31 bits per heavy atom. The minimum absolute atomic E-state index is 0.0262. The van der Waals surface area contributed by atoms with Crippen molar-refractivity contribution >= 4 is 18.0 Å². The lowest BCUT2D eigenvalue weighted by atomic mass is 10.2. The Kier molecular flexibility index (Phi) is 7.11. The molecular weight excluding hydrogens is 336 g/mol. The predicted octanol–water partition coefficient (Wildman–Crippen LogP) is 1.34. The topological polar surface area (TPSA) is 113 Å². The molecule has 1 aromatic carbocycles. The number of hydrazone groups is 1. The monoisotopic (exact) mass is 356 g/mol. The van der Waals surface area contributed by atoms with Gasteiger partial charge >= 0.3 is 0 Å². The van der Waals surface area contributed by atoms with Gasteiger partial charge in [-0.3, -0.25) is 14.6 Å². The summed E-state index contributed by atoms with van der Waals surface area (Å²) in [6.07, 6.45) is 4.34. The number of ether oxygens (including phenoxy) is 1. The maximum Gasteiger partial charge on any atom is 0.249 e. The number of phenolic OH excluding ortho intramolecular Hbond substituents is 1. The highest BCUT2D eigenvalue weighted by Crippen LogP contribution is 2.26. The molecule has 2 amide bonds. The van der Waals surface area contributed by atoms with Gasteiger partial charge in [-0.05, 0) is 42.3 Å². The van der Waals surface area contributed by atoms with E-state index in [-0.39, 0.29) is 12.2 Å². The van der Waals surface area contributed by atoms with E-state index < -0.39 is 11.8 Å². The minimum atomic E-state index is -0.534. The van der Waals surface area contributed by atoms with E-state index in [4.69, 9.17) is 4.74 Å². The summed E-state index contributed by atoms with van der Waals surface area (Å²) in [5.74, 6) is -0.588. The predicted molar refractivity (Wildman–Crippen MR) is 95.7 cm³/mol. The molecule has 0 bridgehead atoms. The Morgan fingerprint density at radius 3 is 2.88 bits per heavy atom. The summed E-state index contributed by atoms with van der Waals surface area (Å²) in [6.45, 7) is 2.52. The fraction of sp³-hybridized carbons (Fsp3) is 0.222. The van der Waals surface area contributed by atoms with Gasteiger partial charge in [-0.1, -0.05) is 6.07 Å². The molecule has 0 saturated heterocycles. The quantitative estimate of drug-likeness (QED) is 0.375. The van der Waals surface area contributed by atoms with Crippen LogP contribution in [-0.2, 0) is 16.1 Å². The second-order valence-electron chi connectivity index (χ2n) is 5.27. The SMILES string of the molecule is CCOc1cc(/C=N\NC(=O)CC(=O)NCc2cccnc2)ccc1O. The molecule has 3 N–H and O–H groups in total. The molecule has 1 aromatic heterocycles. The fourth-order valence-electron chi connectivity index (χ4n) is 2.01. The third kappa shape index (κ3) is 6.23. The second-order valence-corrected chi connectivity index (χ2v) is 5.27. The molecular formula is C18H20N4O4. The van der Waals surface area contributed by atoms with Crippen molar-refractivity contribution < 1.29 is 19.4 Å². The van der Waals surface area contributed by atoms with Crippen molar-refractivity contribution in [3.63, 3.8) is 0 Å². The van der Waals surface area contributed by atoms with Crippen LogP contribution in [0.2, 0.25) is 0 Å². The molecule has 8 heteroatoms. The molecule has 8 nitrogen and oxygen atoms in total. The zero-order chi connectivity index (χ0) is 18.8. The maximum atomic E-state index is 11.7. The summed E-state index contributed by atoms with van der Waals surface area (Å²) in [6, 6.07) is 8.28. The van der Waals surface area contributed by atoms with Crippen LogP contribution in [0.5, 0.6) is 11.5 Å². The number of benzene rings is 1. The molecule has 0 aliphatic carbocycles. The standard InChI is InChI=1S/C18H20N4O4/c1-2-26-16-8-13(5-6-15(16)23)12-21-22-18(25)9-17(24)20-11-14-4-3-7-19-10-14/h3-8,10,12,23H,2,9,11H2,1H3,(H,20,24)(H,22,25)/b21-12-. The molecule has 0 saturated carbocycles. The highest BCUT2D eigenvalue weighted by molar-refractivity contribution is 5.97. The third-order valence-electron chi connectivity index (χ3n) is 3.22. The molecule has 0 fully saturated rings. The number of carbonyl (C=O) groups is 2. The third-order valence-corrected chi connectivity index (χ3v) is 3.22. The molecule has 0 atom stereocenters. The summed E-state index contributed by atoms with van der Waals surface area (Å²) in [7, 11) is 0. The van der Waals surface area contributed by atoms with Crippen molar-refractivity contribution in [2.45, 2.75) is 19.9 Å². The molecule has 0 radical (unpaired) electrons. The van der Waals surface area contributed by atoms with Crippen LogP contribution in [0.3, 0.4) is 0 Å². The first-order valence-electron chi connectivity index (χ1n) is 8.01. The first-order valence-corrected chi connectivity index (χ1v) is 8.01. The molecule has 136 valence electrons. The van der Waals surface area contributed by atoms with Crippen LogP contribution < -0.4 is 15.5 Å². The van der Waals surface area contributed by atoms with Crippen molar-refractivity contribution in [2.75, 3.05) is 6.61 Å². The normalized spacial score (nSPS) is 10.5. The summed E-state index contributed by atoms with van der Waals surface area (Å²) >= 11 is 0. The van der Waals surface area contributed by atoms with Gasteiger partial charge in [-0.15, -0.1) is 0 Å². The zero-order valence-electron chi connectivity index (χ0n) is 14.3. The first kappa shape index (κ1) is 18.9. The summed E-state index contributed by atoms with van der Waals surface area (Å²) < 4.78 is 5.26. The molecule has 0 spiro atoms. The Balaban J connectivity index is 1.78. The number of aromatic hydroxyl groups is 1. The van der Waals surface area contributed by atoms with Crippen LogP contribution >= 0.6 is 0 Å². The number of phenols is 1. The second kappa shape index (κ2) is 9.77. The van der Waals surface area contributed by atoms with Gasteiger partial charge in [0.1, 0.15) is 6.42 Å². The Morgan fingerprint density at radius 2 is 2.15 bits per heavy atom. The van der Waals surface area contributed by atoms with E-state index in [1.165, 1.54) is 12.3 Å². The van der Waals surface area contributed by atoms with Crippen molar-refractivity contribution in [1.29, 1.82) is 0 Å². The van der Waals surface area contributed by atoms with E-state index in [1.807, 2.05) is 6.07 Å². The van der Waals surface area contributed by atoms with Crippen LogP contribution in [-0.4, -0.2) is 34.7 Å². The van der Waals surface area contributed by atoms with Gasteiger partial charge in [-0.25, -0.2) is 5.43 Å². The lowest BCUT2D eigenvalue weighted by Gasteiger charge is -2.06. The van der Waals surface area contributed by atoms with E-state index >= 15 is 0 Å². The van der Waals surface area contributed by atoms with Gasteiger partial charge < -0.3 is 15.2 Å². The molecule has 1 heterocycles. The van der Waals surface area contributed by atoms with E-state index in [0.29, 0.717) is 24.5 Å². The number of hydrogen-bond acceptors (Lipinski definition) is 6. The lowest BCUT2D eigenvalue weighted by Crippen LogP contribution is -2.29. The van der Waals surface area contributed by atoms with Crippen LogP contribution in [0.25, 0.3) is 0 Å². The molecule has 0 aliphatic heterocycles. The summed E-state index contributed by atoms with van der Waals surface area (Å²) in [5, 5.41) is 16.0. The number of nitrogens with zero attached hydrogens (tertiary/aromatic N) is 2. The van der Waals surface area contributed by atoms with Crippen LogP contribution in [0.1, 0.15) is 24.5 Å². The number of pyridine rings is 1. The Bertz CT molecular complexity index is 778. The lowest BCUT2D eigenvalue weighted by molar-refractivity contribution is -0.129. The number of aromatic nitrogens is 1. The first-order chi connectivity index (χ1) is 12.6. The Labute approximate surface area is 150 Å². The van der Waals surface area contributed by atoms with Crippen molar-refractivity contribution in [3.8, 4) is 11.5 Å². The maximum absolute atomic E-state index is 11.7. The molecule has 26 heavy (non-hydrogen) atoms. The number of carbonyl (C=O) groups excluding carboxylic acids is 2. The number of amides is 2. The van der Waals surface area contributed by atoms with E-state index in [1.54, 1.807) is 37.5 Å². The zero-order valence-corrected chi connectivity index (χ0v) is 14.3. The molecule has 0 aliphatic rings. The highest BCUT2D eigenvalue weighted by atomic mass is 16.5. The van der Waals surface area contributed by atoms with E-state index in [2.05, 4.69) is 20.8 Å². The summed E-state index contributed by atoms with van der Waals surface area (Å²) in [5.41, 5.74) is 3.76. The van der Waals surface area contributed by atoms with Crippen molar-refractivity contribution in [1.82, 2.24) is 15.7 Å². The molecule has 2 rings (SSSR count). The largest absolute Gasteiger partial charge is 0.504 e. The number of hydrogen-bond donors (Lipinski definition) is 3. The Hall–Kier alpha value is -3.42. The van der Waals surface area contributed by atoms with Gasteiger partial charge in [-0.2, -0.15) is 5.10 Å². The minimum Gasteiger partial charge on any atom is -0.504 e. The molecule has 2 aromatic rings. The number of rotatable bonds is 8. The summed E-state index contributed by atoms with van der Waals surface area (Å²) in [4.78, 5) is 27.4. The van der Waals surface area contributed by atoms with Crippen molar-refractivity contribution in [2.24, 2.45) is 5.10 Å². The average molecular weight is 356 g/mol. The van der Waals surface area contributed by atoms with Gasteiger partial charge in [0.25, 0.3) is 0 Å².